The largest absolute Gasteiger partial charge is 0.306 e. The van der Waals surface area contributed by atoms with Crippen molar-refractivity contribution < 1.29 is 0 Å². The summed E-state index contributed by atoms with van der Waals surface area (Å²) in [4.78, 5) is 11.6. The Bertz CT molecular complexity index is 592. The highest BCUT2D eigenvalue weighted by molar-refractivity contribution is 5.59. The Morgan fingerprint density at radius 3 is 2.90 bits per heavy atom. The van der Waals surface area contributed by atoms with Crippen molar-refractivity contribution in [3.05, 3.63) is 30.5 Å². The second-order valence-electron chi connectivity index (χ2n) is 5.91. The Labute approximate surface area is 126 Å². The van der Waals surface area contributed by atoms with Gasteiger partial charge in [0.15, 0.2) is 0 Å². The first-order chi connectivity index (χ1) is 10.3. The molecule has 0 spiro atoms. The molecule has 0 aliphatic carbocycles. The molecule has 0 N–H and O–H groups in total. The van der Waals surface area contributed by atoms with Crippen LogP contribution in [0.5, 0.6) is 0 Å². The van der Waals surface area contributed by atoms with Gasteiger partial charge in [-0.05, 0) is 45.7 Å². The smallest absolute Gasteiger partial charge is 0.0948 e. The van der Waals surface area contributed by atoms with Gasteiger partial charge in [0.05, 0.1) is 17.6 Å². The zero-order valence-electron chi connectivity index (χ0n) is 12.9. The molecular weight excluding hydrogens is 262 g/mol. The van der Waals surface area contributed by atoms with E-state index in [0.717, 1.165) is 36.5 Å². The Kier molecular flexibility index (Phi) is 4.29. The third kappa shape index (κ3) is 3.29. The van der Waals surface area contributed by atoms with Crippen molar-refractivity contribution in [3.8, 4) is 11.3 Å². The van der Waals surface area contributed by atoms with Gasteiger partial charge in [-0.3, -0.25) is 14.6 Å². The average Bonchev–Trinajstić information content (AvgIpc) is 2.97. The lowest BCUT2D eigenvalue weighted by atomic mass is 9.92. The minimum absolute atomic E-state index is 0.681. The predicted octanol–water partition coefficient (Wildman–Crippen LogP) is 2.24. The monoisotopic (exact) mass is 285 g/mol. The van der Waals surface area contributed by atoms with Gasteiger partial charge in [0.2, 0.25) is 0 Å². The number of piperidine rings is 1. The fourth-order valence-electron chi connectivity index (χ4n) is 3.13. The molecule has 5 nitrogen and oxygen atoms in total. The van der Waals surface area contributed by atoms with Gasteiger partial charge in [-0.1, -0.05) is 0 Å². The van der Waals surface area contributed by atoms with Crippen molar-refractivity contribution in [1.82, 2.24) is 24.6 Å². The second kappa shape index (κ2) is 6.35. The van der Waals surface area contributed by atoms with Crippen LogP contribution < -0.4 is 0 Å². The van der Waals surface area contributed by atoms with Crippen LogP contribution in [0.25, 0.3) is 11.3 Å². The summed E-state index contributed by atoms with van der Waals surface area (Å²) in [6.07, 6.45) is 11.1. The van der Waals surface area contributed by atoms with Gasteiger partial charge < -0.3 is 4.90 Å². The SMILES string of the molecule is CCn1cc(-c2nccnc2C[C@@H]2CCCN(C)C2)cn1. The maximum atomic E-state index is 4.59. The van der Waals surface area contributed by atoms with Crippen LogP contribution >= 0.6 is 0 Å². The molecule has 0 saturated carbocycles. The van der Waals surface area contributed by atoms with Gasteiger partial charge in [-0.25, -0.2) is 0 Å². The predicted molar refractivity (Wildman–Crippen MR) is 82.9 cm³/mol. The minimum Gasteiger partial charge on any atom is -0.306 e. The third-order valence-corrected chi connectivity index (χ3v) is 4.21. The third-order valence-electron chi connectivity index (χ3n) is 4.21. The van der Waals surface area contributed by atoms with Crippen LogP contribution in [0.4, 0.5) is 0 Å². The molecule has 3 heterocycles. The fourth-order valence-corrected chi connectivity index (χ4v) is 3.13. The fraction of sp³-hybridized carbons (Fsp3) is 0.562. The highest BCUT2D eigenvalue weighted by Gasteiger charge is 2.20. The maximum Gasteiger partial charge on any atom is 0.0948 e. The molecule has 2 aromatic rings. The molecule has 0 radical (unpaired) electrons. The van der Waals surface area contributed by atoms with Gasteiger partial charge in [0, 0.05) is 37.2 Å². The standard InChI is InChI=1S/C16H23N5/c1-3-21-12-14(10-19-21)16-15(17-6-7-18-16)9-13-5-4-8-20(2)11-13/h6-7,10,12-13H,3-5,8-9,11H2,1-2H3/t13-/m0/s1. The first kappa shape index (κ1) is 14.2. The van der Waals surface area contributed by atoms with E-state index in [1.165, 1.54) is 19.4 Å². The van der Waals surface area contributed by atoms with Gasteiger partial charge in [-0.15, -0.1) is 0 Å². The Morgan fingerprint density at radius 1 is 1.29 bits per heavy atom. The van der Waals surface area contributed by atoms with E-state index >= 15 is 0 Å². The van der Waals surface area contributed by atoms with Crippen LogP contribution in [-0.4, -0.2) is 44.8 Å². The molecule has 1 fully saturated rings. The number of aromatic nitrogens is 4. The van der Waals surface area contributed by atoms with E-state index in [2.05, 4.69) is 40.1 Å². The highest BCUT2D eigenvalue weighted by Crippen LogP contribution is 2.25. The topological polar surface area (TPSA) is 46.8 Å². The average molecular weight is 285 g/mol. The summed E-state index contributed by atoms with van der Waals surface area (Å²) in [7, 11) is 2.20. The van der Waals surface area contributed by atoms with Crippen molar-refractivity contribution in [1.29, 1.82) is 0 Å². The molecule has 0 bridgehead atoms. The van der Waals surface area contributed by atoms with E-state index in [0.29, 0.717) is 5.92 Å². The molecule has 1 aliphatic heterocycles. The summed E-state index contributed by atoms with van der Waals surface area (Å²) in [6, 6.07) is 0. The van der Waals surface area contributed by atoms with E-state index in [1.807, 2.05) is 10.9 Å². The molecule has 1 aliphatic rings. The molecule has 2 aromatic heterocycles. The molecule has 1 atom stereocenters. The lowest BCUT2D eigenvalue weighted by Crippen LogP contribution is -2.33. The van der Waals surface area contributed by atoms with Gasteiger partial charge in [-0.2, -0.15) is 5.10 Å². The second-order valence-corrected chi connectivity index (χ2v) is 5.91. The molecular formula is C16H23N5. The van der Waals surface area contributed by atoms with Gasteiger partial charge >= 0.3 is 0 Å². The lowest BCUT2D eigenvalue weighted by molar-refractivity contribution is 0.208. The summed E-state index contributed by atoms with van der Waals surface area (Å²) in [5.41, 5.74) is 3.17. The Balaban J connectivity index is 1.82. The molecule has 112 valence electrons. The van der Waals surface area contributed by atoms with Crippen LogP contribution in [0.2, 0.25) is 0 Å². The molecule has 21 heavy (non-hydrogen) atoms. The van der Waals surface area contributed by atoms with Crippen LogP contribution in [0.1, 0.15) is 25.5 Å². The van der Waals surface area contributed by atoms with Crippen LogP contribution in [0.15, 0.2) is 24.8 Å². The van der Waals surface area contributed by atoms with Gasteiger partial charge in [0.25, 0.3) is 0 Å². The zero-order valence-corrected chi connectivity index (χ0v) is 12.9. The molecule has 0 amide bonds. The quantitative estimate of drug-likeness (QED) is 0.864. The summed E-state index contributed by atoms with van der Waals surface area (Å²) in [6.45, 7) is 5.34. The highest BCUT2D eigenvalue weighted by atomic mass is 15.3. The normalized spacial score (nSPS) is 19.8. The minimum atomic E-state index is 0.681. The van der Waals surface area contributed by atoms with Crippen molar-refractivity contribution in [3.63, 3.8) is 0 Å². The number of hydrogen-bond donors (Lipinski definition) is 0. The number of nitrogens with zero attached hydrogens (tertiary/aromatic N) is 5. The number of rotatable bonds is 4. The van der Waals surface area contributed by atoms with Crippen LogP contribution in [-0.2, 0) is 13.0 Å². The molecule has 0 aromatic carbocycles. The van der Waals surface area contributed by atoms with E-state index in [1.54, 1.807) is 12.4 Å². The molecule has 5 heteroatoms. The van der Waals surface area contributed by atoms with Crippen molar-refractivity contribution in [2.75, 3.05) is 20.1 Å². The van der Waals surface area contributed by atoms with Crippen molar-refractivity contribution in [2.24, 2.45) is 5.92 Å². The Hall–Kier alpha value is -1.75. The number of likely N-dealkylation sites (tertiary alicyclic amines) is 1. The first-order valence-corrected chi connectivity index (χ1v) is 7.77. The van der Waals surface area contributed by atoms with Crippen LogP contribution in [0, 0.1) is 5.92 Å². The molecule has 3 rings (SSSR count). The summed E-state index contributed by atoms with van der Waals surface area (Å²) in [5.74, 6) is 0.681. The van der Waals surface area contributed by atoms with Gasteiger partial charge in [0.1, 0.15) is 0 Å². The molecule has 1 saturated heterocycles. The van der Waals surface area contributed by atoms with E-state index in [9.17, 15) is 0 Å². The molecule has 0 unspecified atom stereocenters. The van der Waals surface area contributed by atoms with Crippen molar-refractivity contribution in [2.45, 2.75) is 32.7 Å². The number of aryl methyl sites for hydroxylation is 1. The van der Waals surface area contributed by atoms with E-state index < -0.39 is 0 Å². The number of hydrogen-bond acceptors (Lipinski definition) is 4. The zero-order chi connectivity index (χ0) is 14.7. The van der Waals surface area contributed by atoms with E-state index in [4.69, 9.17) is 0 Å². The summed E-state index contributed by atoms with van der Waals surface area (Å²) < 4.78 is 1.93. The van der Waals surface area contributed by atoms with Crippen molar-refractivity contribution >= 4 is 0 Å². The summed E-state index contributed by atoms with van der Waals surface area (Å²) >= 11 is 0. The Morgan fingerprint density at radius 2 is 2.14 bits per heavy atom. The summed E-state index contributed by atoms with van der Waals surface area (Å²) in [5, 5.41) is 4.35. The van der Waals surface area contributed by atoms with Crippen LogP contribution in [0.3, 0.4) is 0 Å². The van der Waals surface area contributed by atoms with E-state index in [-0.39, 0.29) is 0 Å². The lowest BCUT2D eigenvalue weighted by Gasteiger charge is -2.29. The maximum absolute atomic E-state index is 4.59. The first-order valence-electron chi connectivity index (χ1n) is 7.77.